The van der Waals surface area contributed by atoms with Crippen LogP contribution in [0.1, 0.15) is 43.5 Å². The molecule has 1 aliphatic heterocycles. The molecule has 2 atom stereocenters. The van der Waals surface area contributed by atoms with E-state index in [9.17, 15) is 13.2 Å². The van der Waals surface area contributed by atoms with Gasteiger partial charge < -0.3 is 4.74 Å². The van der Waals surface area contributed by atoms with E-state index in [0.717, 1.165) is 19.4 Å². The zero-order chi connectivity index (χ0) is 17.7. The van der Waals surface area contributed by atoms with Crippen LogP contribution in [0.2, 0.25) is 0 Å². The van der Waals surface area contributed by atoms with Crippen LogP contribution in [-0.2, 0) is 14.8 Å². The van der Waals surface area contributed by atoms with Gasteiger partial charge in [-0.05, 0) is 57.5 Å². The van der Waals surface area contributed by atoms with Crippen molar-refractivity contribution in [1.82, 2.24) is 9.62 Å². The number of ether oxygens (including phenoxy) is 1. The van der Waals surface area contributed by atoms with Gasteiger partial charge in [-0.3, -0.25) is 4.90 Å². The summed E-state index contributed by atoms with van der Waals surface area (Å²) in [6, 6.07) is 6.38. The molecule has 1 saturated heterocycles. The maximum Gasteiger partial charge on any atom is 0.337 e. The molecule has 1 heterocycles. The molecule has 0 unspecified atom stereocenters. The lowest BCUT2D eigenvalue weighted by Crippen LogP contribution is -2.48. The smallest absolute Gasteiger partial charge is 0.337 e. The normalized spacial score (nSPS) is 20.5. The Labute approximate surface area is 144 Å². The van der Waals surface area contributed by atoms with Crippen molar-refractivity contribution < 1.29 is 17.9 Å². The second kappa shape index (κ2) is 8.09. The monoisotopic (exact) mass is 354 g/mol. The summed E-state index contributed by atoms with van der Waals surface area (Å²) in [5, 5.41) is 0. The molecule has 1 aliphatic rings. The molecule has 0 radical (unpaired) electrons. The SMILES string of the molecule is COC(=O)c1ccc(S(=O)(=O)NC[C@@H](C)N2CCCC[C@@H]2C)cc1. The fraction of sp³-hybridized carbons (Fsp3) is 0.588. The number of hydrogen-bond acceptors (Lipinski definition) is 5. The predicted molar refractivity (Wildman–Crippen MR) is 92.5 cm³/mol. The number of carbonyl (C=O) groups excluding carboxylic acids is 1. The van der Waals surface area contributed by atoms with E-state index in [0.29, 0.717) is 18.2 Å². The number of piperidine rings is 1. The van der Waals surface area contributed by atoms with Gasteiger partial charge in [-0.15, -0.1) is 0 Å². The van der Waals surface area contributed by atoms with Gasteiger partial charge in [-0.2, -0.15) is 0 Å². The number of rotatable bonds is 6. The summed E-state index contributed by atoms with van der Waals surface area (Å²) in [5.74, 6) is -0.486. The topological polar surface area (TPSA) is 75.7 Å². The van der Waals surface area contributed by atoms with E-state index in [4.69, 9.17) is 0 Å². The highest BCUT2D eigenvalue weighted by atomic mass is 32.2. The zero-order valence-corrected chi connectivity index (χ0v) is 15.3. The van der Waals surface area contributed by atoms with Crippen LogP contribution in [0.4, 0.5) is 0 Å². The lowest BCUT2D eigenvalue weighted by atomic mass is 10.0. The first kappa shape index (κ1) is 18.9. The highest BCUT2D eigenvalue weighted by molar-refractivity contribution is 7.89. The summed E-state index contributed by atoms with van der Waals surface area (Å²) in [7, 11) is -2.30. The van der Waals surface area contributed by atoms with Crippen LogP contribution in [0.5, 0.6) is 0 Å². The third-order valence-corrected chi connectivity index (χ3v) is 6.01. The third kappa shape index (κ3) is 4.55. The number of nitrogens with zero attached hydrogens (tertiary/aromatic N) is 1. The van der Waals surface area contributed by atoms with Gasteiger partial charge in [0.2, 0.25) is 10.0 Å². The van der Waals surface area contributed by atoms with Crippen molar-refractivity contribution in [2.75, 3.05) is 20.2 Å². The van der Waals surface area contributed by atoms with E-state index in [-0.39, 0.29) is 10.9 Å². The fourth-order valence-electron chi connectivity index (χ4n) is 3.09. The number of esters is 1. The van der Waals surface area contributed by atoms with Gasteiger partial charge in [-0.25, -0.2) is 17.9 Å². The molecule has 0 amide bonds. The number of sulfonamides is 1. The minimum Gasteiger partial charge on any atom is -0.465 e. The second-order valence-corrected chi connectivity index (χ2v) is 8.07. The van der Waals surface area contributed by atoms with Crippen molar-refractivity contribution in [3.8, 4) is 0 Å². The Kier molecular flexibility index (Phi) is 6.37. The lowest BCUT2D eigenvalue weighted by Gasteiger charge is -2.38. The van der Waals surface area contributed by atoms with Gasteiger partial charge in [0.05, 0.1) is 17.6 Å². The maximum atomic E-state index is 12.4. The molecule has 1 aromatic carbocycles. The molecule has 2 rings (SSSR count). The average molecular weight is 354 g/mol. The van der Waals surface area contributed by atoms with E-state index < -0.39 is 16.0 Å². The highest BCUT2D eigenvalue weighted by Gasteiger charge is 2.24. The van der Waals surface area contributed by atoms with E-state index in [1.54, 1.807) is 0 Å². The first-order valence-electron chi connectivity index (χ1n) is 8.29. The van der Waals surface area contributed by atoms with Gasteiger partial charge in [-0.1, -0.05) is 6.42 Å². The Morgan fingerprint density at radius 2 is 2.00 bits per heavy atom. The van der Waals surface area contributed by atoms with Gasteiger partial charge >= 0.3 is 5.97 Å². The Hall–Kier alpha value is -1.44. The molecule has 1 fully saturated rings. The molecule has 0 aliphatic carbocycles. The number of benzene rings is 1. The number of carbonyl (C=O) groups is 1. The third-order valence-electron chi connectivity index (χ3n) is 4.57. The van der Waals surface area contributed by atoms with Crippen LogP contribution in [0.15, 0.2) is 29.2 Å². The van der Waals surface area contributed by atoms with Crippen LogP contribution in [0.3, 0.4) is 0 Å². The summed E-state index contributed by atoms with van der Waals surface area (Å²) in [5.41, 5.74) is 0.326. The quantitative estimate of drug-likeness (QED) is 0.791. The van der Waals surface area contributed by atoms with Gasteiger partial charge in [0.15, 0.2) is 0 Å². The number of likely N-dealkylation sites (tertiary alicyclic amines) is 1. The highest BCUT2D eigenvalue weighted by Crippen LogP contribution is 2.19. The second-order valence-electron chi connectivity index (χ2n) is 6.30. The maximum absolute atomic E-state index is 12.4. The first-order valence-corrected chi connectivity index (χ1v) is 9.77. The Bertz CT molecular complexity index is 658. The summed E-state index contributed by atoms with van der Waals surface area (Å²) < 4.78 is 32.1. The van der Waals surface area contributed by atoms with Crippen LogP contribution in [0.25, 0.3) is 0 Å². The standard InChI is InChI=1S/C17H26N2O4S/c1-13-6-4-5-11-19(13)14(2)12-18-24(21,22)16-9-7-15(8-10-16)17(20)23-3/h7-10,13-14,18H,4-6,11-12H2,1-3H3/t13-,14+/m0/s1. The van der Waals surface area contributed by atoms with Crippen LogP contribution in [-0.4, -0.2) is 51.6 Å². The minimum absolute atomic E-state index is 0.143. The molecule has 7 heteroatoms. The summed E-state index contributed by atoms with van der Waals surface area (Å²) >= 11 is 0. The van der Waals surface area contributed by atoms with Crippen molar-refractivity contribution >= 4 is 16.0 Å². The van der Waals surface area contributed by atoms with Gasteiger partial charge in [0.25, 0.3) is 0 Å². The molecule has 6 nitrogen and oxygen atoms in total. The Balaban J connectivity index is 1.99. The van der Waals surface area contributed by atoms with E-state index in [2.05, 4.69) is 21.3 Å². The largest absolute Gasteiger partial charge is 0.465 e. The average Bonchev–Trinajstić information content (AvgIpc) is 2.59. The minimum atomic E-state index is -3.59. The number of nitrogens with one attached hydrogen (secondary N) is 1. The summed E-state index contributed by atoms with van der Waals surface area (Å²) in [6.07, 6.45) is 3.56. The molecule has 0 aromatic heterocycles. The molecule has 1 aromatic rings. The molecule has 134 valence electrons. The molecular formula is C17H26N2O4S. The zero-order valence-electron chi connectivity index (χ0n) is 14.5. The van der Waals surface area contributed by atoms with Gasteiger partial charge in [0.1, 0.15) is 0 Å². The van der Waals surface area contributed by atoms with Crippen molar-refractivity contribution in [3.05, 3.63) is 29.8 Å². The van der Waals surface area contributed by atoms with Gasteiger partial charge in [0, 0.05) is 18.6 Å². The van der Waals surface area contributed by atoms with Crippen molar-refractivity contribution in [3.63, 3.8) is 0 Å². The van der Waals surface area contributed by atoms with Crippen molar-refractivity contribution in [2.24, 2.45) is 0 Å². The fourth-order valence-corrected chi connectivity index (χ4v) is 4.22. The lowest BCUT2D eigenvalue weighted by molar-refractivity contribution is 0.0600. The number of hydrogen-bond donors (Lipinski definition) is 1. The molecule has 24 heavy (non-hydrogen) atoms. The number of methoxy groups -OCH3 is 1. The molecule has 0 saturated carbocycles. The Morgan fingerprint density at radius 1 is 1.33 bits per heavy atom. The Morgan fingerprint density at radius 3 is 2.58 bits per heavy atom. The summed E-state index contributed by atoms with van der Waals surface area (Å²) in [4.78, 5) is 13.9. The van der Waals surface area contributed by atoms with Crippen molar-refractivity contribution in [2.45, 2.75) is 50.1 Å². The van der Waals surface area contributed by atoms with Crippen LogP contribution >= 0.6 is 0 Å². The molecule has 0 spiro atoms. The molecule has 0 bridgehead atoms. The van der Waals surface area contributed by atoms with Crippen LogP contribution < -0.4 is 4.72 Å². The molecule has 1 N–H and O–H groups in total. The van der Waals surface area contributed by atoms with Crippen molar-refractivity contribution in [1.29, 1.82) is 0 Å². The van der Waals surface area contributed by atoms with Crippen LogP contribution in [0, 0.1) is 0 Å². The predicted octanol–water partition coefficient (Wildman–Crippen LogP) is 2.01. The van der Waals surface area contributed by atoms with E-state index in [1.807, 2.05) is 6.92 Å². The summed E-state index contributed by atoms with van der Waals surface area (Å²) in [6.45, 7) is 5.61. The van der Waals surface area contributed by atoms with E-state index in [1.165, 1.54) is 37.8 Å². The molecular weight excluding hydrogens is 328 g/mol. The first-order chi connectivity index (χ1) is 11.3. The van der Waals surface area contributed by atoms with E-state index >= 15 is 0 Å².